The predicted molar refractivity (Wildman–Crippen MR) is 47.5 cm³/mol. The summed E-state index contributed by atoms with van der Waals surface area (Å²) in [5, 5.41) is 8.52. The fraction of sp³-hybridized carbons (Fsp3) is 0.222. The van der Waals surface area contributed by atoms with Crippen LogP contribution in [-0.2, 0) is 11.2 Å². The number of nitrogens with two attached hydrogens (primary N) is 1. The van der Waals surface area contributed by atoms with Crippen LogP contribution in [0.2, 0.25) is 0 Å². The predicted octanol–water partition coefficient (Wildman–Crippen LogP) is 0.323. The molecular formula is C9H13NO2. The number of benzene rings is 1. The maximum atomic E-state index is 8.58. The molecule has 1 rings (SSSR count). The third-order valence-corrected chi connectivity index (χ3v) is 1.24. The number of rotatable bonds is 2. The van der Waals surface area contributed by atoms with E-state index in [-0.39, 0.29) is 13.0 Å². The van der Waals surface area contributed by atoms with Gasteiger partial charge in [0.15, 0.2) is 0 Å². The molecule has 0 atom stereocenters. The second-order valence-electron chi connectivity index (χ2n) is 2.10. The van der Waals surface area contributed by atoms with Gasteiger partial charge in [0.2, 0.25) is 6.41 Å². The zero-order chi connectivity index (χ0) is 9.23. The molecule has 0 aliphatic carbocycles. The van der Waals surface area contributed by atoms with Crippen LogP contribution in [0.4, 0.5) is 0 Å². The van der Waals surface area contributed by atoms with Crippen molar-refractivity contribution in [3.63, 3.8) is 0 Å². The van der Waals surface area contributed by atoms with E-state index >= 15 is 0 Å². The van der Waals surface area contributed by atoms with Crippen molar-refractivity contribution in [1.29, 1.82) is 0 Å². The van der Waals surface area contributed by atoms with Crippen LogP contribution >= 0.6 is 0 Å². The normalized spacial score (nSPS) is 8.08. The van der Waals surface area contributed by atoms with Crippen molar-refractivity contribution in [2.75, 3.05) is 6.61 Å². The number of aliphatic hydroxyl groups is 1. The lowest BCUT2D eigenvalue weighted by Gasteiger charge is -1.93. The van der Waals surface area contributed by atoms with Gasteiger partial charge in [0.05, 0.1) is 0 Å². The number of aliphatic hydroxyl groups excluding tert-OH is 1. The first-order chi connectivity index (χ1) is 5.85. The molecule has 3 nitrogen and oxygen atoms in total. The summed E-state index contributed by atoms with van der Waals surface area (Å²) in [5.74, 6) is 0. The van der Waals surface area contributed by atoms with E-state index in [0.717, 1.165) is 6.42 Å². The minimum Gasteiger partial charge on any atom is -0.396 e. The molecule has 0 aliphatic rings. The molecule has 3 heteroatoms. The highest BCUT2D eigenvalue weighted by Crippen LogP contribution is 1.97. The molecule has 66 valence electrons. The Bertz CT molecular complexity index is 199. The zero-order valence-electron chi connectivity index (χ0n) is 6.81. The van der Waals surface area contributed by atoms with Gasteiger partial charge in [0.1, 0.15) is 0 Å². The Balaban J connectivity index is 0.000000354. The first-order valence-corrected chi connectivity index (χ1v) is 3.65. The van der Waals surface area contributed by atoms with Crippen LogP contribution in [0, 0.1) is 0 Å². The van der Waals surface area contributed by atoms with Gasteiger partial charge in [-0.2, -0.15) is 0 Å². The molecule has 12 heavy (non-hydrogen) atoms. The van der Waals surface area contributed by atoms with Crippen molar-refractivity contribution < 1.29 is 9.90 Å². The Labute approximate surface area is 71.8 Å². The van der Waals surface area contributed by atoms with Gasteiger partial charge in [-0.15, -0.1) is 0 Å². The highest BCUT2D eigenvalue weighted by molar-refractivity contribution is 5.42. The van der Waals surface area contributed by atoms with Crippen LogP contribution in [0.3, 0.4) is 0 Å². The van der Waals surface area contributed by atoms with Gasteiger partial charge in [0, 0.05) is 6.61 Å². The molecule has 0 bridgehead atoms. The van der Waals surface area contributed by atoms with Gasteiger partial charge in [-0.1, -0.05) is 30.3 Å². The molecule has 1 aromatic rings. The quantitative estimate of drug-likeness (QED) is 0.623. The Kier molecular flexibility index (Phi) is 6.88. The smallest absolute Gasteiger partial charge is 0.204 e. The number of primary amides is 1. The van der Waals surface area contributed by atoms with Gasteiger partial charge in [-0.05, 0) is 12.0 Å². The van der Waals surface area contributed by atoms with Crippen LogP contribution in [0.15, 0.2) is 30.3 Å². The Morgan fingerprint density at radius 1 is 1.33 bits per heavy atom. The lowest BCUT2D eigenvalue weighted by Crippen LogP contribution is -1.88. The average Bonchev–Trinajstić information content (AvgIpc) is 2.08. The van der Waals surface area contributed by atoms with Crippen LogP contribution in [0.1, 0.15) is 5.56 Å². The van der Waals surface area contributed by atoms with E-state index in [1.165, 1.54) is 5.56 Å². The molecule has 0 fully saturated rings. The number of carbonyl (C=O) groups is 1. The SMILES string of the molecule is NC=O.OCCc1ccccc1. The number of carbonyl (C=O) groups excluding carboxylic acids is 1. The van der Waals surface area contributed by atoms with Crippen molar-refractivity contribution >= 4 is 6.41 Å². The molecule has 3 N–H and O–H groups in total. The molecule has 0 radical (unpaired) electrons. The summed E-state index contributed by atoms with van der Waals surface area (Å²) < 4.78 is 0. The summed E-state index contributed by atoms with van der Waals surface area (Å²) in [6.07, 6.45) is 1.01. The molecule has 0 spiro atoms. The van der Waals surface area contributed by atoms with E-state index in [0.29, 0.717) is 0 Å². The number of amides is 1. The van der Waals surface area contributed by atoms with Gasteiger partial charge in [-0.3, -0.25) is 4.79 Å². The van der Waals surface area contributed by atoms with Crippen LogP contribution in [0.5, 0.6) is 0 Å². The van der Waals surface area contributed by atoms with E-state index in [1.807, 2.05) is 30.3 Å². The molecule has 0 saturated heterocycles. The third kappa shape index (κ3) is 5.44. The summed E-state index contributed by atoms with van der Waals surface area (Å²) in [4.78, 5) is 8.58. The number of hydrogen-bond donors (Lipinski definition) is 2. The molecular weight excluding hydrogens is 154 g/mol. The first kappa shape index (κ1) is 10.7. The van der Waals surface area contributed by atoms with E-state index in [2.05, 4.69) is 5.73 Å². The standard InChI is InChI=1S/C8H10O.CH3NO/c9-7-6-8-4-2-1-3-5-8;2-1-3/h1-5,9H,6-7H2;1H,(H2,2,3). The Morgan fingerprint density at radius 3 is 2.25 bits per heavy atom. The summed E-state index contributed by atoms with van der Waals surface area (Å²) in [6.45, 7) is 0.240. The van der Waals surface area contributed by atoms with E-state index in [1.54, 1.807) is 0 Å². The highest BCUT2D eigenvalue weighted by Gasteiger charge is 1.85. The zero-order valence-corrected chi connectivity index (χ0v) is 6.81. The van der Waals surface area contributed by atoms with Crippen LogP contribution in [-0.4, -0.2) is 18.1 Å². The minimum absolute atomic E-state index is 0.240. The molecule has 0 aliphatic heterocycles. The fourth-order valence-electron chi connectivity index (χ4n) is 0.774. The number of hydrogen-bond acceptors (Lipinski definition) is 2. The average molecular weight is 167 g/mol. The van der Waals surface area contributed by atoms with Crippen LogP contribution < -0.4 is 5.73 Å². The Hall–Kier alpha value is -1.35. The van der Waals surface area contributed by atoms with Crippen molar-refractivity contribution in [2.45, 2.75) is 6.42 Å². The lowest BCUT2D eigenvalue weighted by molar-refractivity contribution is -0.106. The van der Waals surface area contributed by atoms with Gasteiger partial charge in [0.25, 0.3) is 0 Å². The van der Waals surface area contributed by atoms with Crippen molar-refractivity contribution in [2.24, 2.45) is 5.73 Å². The molecule has 0 heterocycles. The van der Waals surface area contributed by atoms with Gasteiger partial charge >= 0.3 is 0 Å². The summed E-state index contributed by atoms with van der Waals surface area (Å²) >= 11 is 0. The summed E-state index contributed by atoms with van der Waals surface area (Å²) in [6, 6.07) is 9.95. The Morgan fingerprint density at radius 2 is 1.83 bits per heavy atom. The first-order valence-electron chi connectivity index (χ1n) is 3.65. The van der Waals surface area contributed by atoms with Gasteiger partial charge in [-0.25, -0.2) is 0 Å². The fourth-order valence-corrected chi connectivity index (χ4v) is 0.774. The van der Waals surface area contributed by atoms with Crippen molar-refractivity contribution in [3.8, 4) is 0 Å². The van der Waals surface area contributed by atoms with Crippen molar-refractivity contribution in [1.82, 2.24) is 0 Å². The molecule has 0 aromatic heterocycles. The maximum Gasteiger partial charge on any atom is 0.204 e. The second-order valence-corrected chi connectivity index (χ2v) is 2.10. The minimum atomic E-state index is 0.240. The van der Waals surface area contributed by atoms with Gasteiger partial charge < -0.3 is 10.8 Å². The van der Waals surface area contributed by atoms with E-state index < -0.39 is 0 Å². The molecule has 0 saturated carbocycles. The topological polar surface area (TPSA) is 63.3 Å². The maximum absolute atomic E-state index is 8.58. The lowest BCUT2D eigenvalue weighted by atomic mass is 10.2. The van der Waals surface area contributed by atoms with E-state index in [4.69, 9.17) is 9.90 Å². The van der Waals surface area contributed by atoms with Crippen LogP contribution in [0.25, 0.3) is 0 Å². The monoisotopic (exact) mass is 167 g/mol. The van der Waals surface area contributed by atoms with E-state index in [9.17, 15) is 0 Å². The molecule has 1 amide bonds. The van der Waals surface area contributed by atoms with Crippen molar-refractivity contribution in [3.05, 3.63) is 35.9 Å². The highest BCUT2D eigenvalue weighted by atomic mass is 16.2. The molecule has 1 aromatic carbocycles. The summed E-state index contributed by atoms with van der Waals surface area (Å²) in [7, 11) is 0. The molecule has 0 unspecified atom stereocenters. The summed E-state index contributed by atoms with van der Waals surface area (Å²) in [5.41, 5.74) is 5.36. The third-order valence-electron chi connectivity index (χ3n) is 1.24. The largest absolute Gasteiger partial charge is 0.396 e. The second kappa shape index (κ2) is 7.75.